The standard InChI is InChI=1S/C23H17F9N4O2/c24-21(25,26)12-1-5-15(6-2-12)33-19(37)35-17-9-14(23(30,31)32)10-18(11-17)36-20(38)34-16-7-3-13(4-8-16)22(27,28)29/h1-11,19,33,35,37H,(H2,34,36,38). The Morgan fingerprint density at radius 3 is 1.42 bits per heavy atom. The van der Waals surface area contributed by atoms with Gasteiger partial charge in [0.15, 0.2) is 0 Å². The van der Waals surface area contributed by atoms with E-state index in [4.69, 9.17) is 0 Å². The molecule has 0 bridgehead atoms. The van der Waals surface area contributed by atoms with Crippen LogP contribution in [0, 0.1) is 0 Å². The molecule has 3 aromatic rings. The van der Waals surface area contributed by atoms with Gasteiger partial charge in [0.2, 0.25) is 6.35 Å². The van der Waals surface area contributed by atoms with Gasteiger partial charge in [0, 0.05) is 22.7 Å². The van der Waals surface area contributed by atoms with Gasteiger partial charge in [0.25, 0.3) is 0 Å². The van der Waals surface area contributed by atoms with Crippen LogP contribution in [-0.4, -0.2) is 17.5 Å². The zero-order valence-corrected chi connectivity index (χ0v) is 18.7. The van der Waals surface area contributed by atoms with Gasteiger partial charge in [-0.25, -0.2) is 4.79 Å². The fraction of sp³-hybridized carbons (Fsp3) is 0.174. The van der Waals surface area contributed by atoms with Gasteiger partial charge < -0.3 is 26.4 Å². The van der Waals surface area contributed by atoms with Gasteiger partial charge in [-0.1, -0.05) is 0 Å². The van der Waals surface area contributed by atoms with Crippen LogP contribution in [0.1, 0.15) is 16.7 Å². The van der Waals surface area contributed by atoms with Gasteiger partial charge >= 0.3 is 24.6 Å². The third-order valence-corrected chi connectivity index (χ3v) is 4.81. The Morgan fingerprint density at radius 1 is 0.553 bits per heavy atom. The van der Waals surface area contributed by atoms with Crippen molar-refractivity contribution in [2.75, 3.05) is 21.3 Å². The minimum absolute atomic E-state index is 0.0132. The van der Waals surface area contributed by atoms with E-state index >= 15 is 0 Å². The number of rotatable bonds is 6. The van der Waals surface area contributed by atoms with E-state index in [1.54, 1.807) is 0 Å². The van der Waals surface area contributed by atoms with Crippen LogP contribution in [0.2, 0.25) is 0 Å². The summed E-state index contributed by atoms with van der Waals surface area (Å²) >= 11 is 0. The van der Waals surface area contributed by atoms with E-state index in [2.05, 4.69) is 21.3 Å². The molecular weight excluding hydrogens is 535 g/mol. The fourth-order valence-corrected chi connectivity index (χ4v) is 3.09. The Balaban J connectivity index is 1.72. The lowest BCUT2D eigenvalue weighted by Gasteiger charge is -2.19. The molecule has 0 fully saturated rings. The van der Waals surface area contributed by atoms with Crippen LogP contribution in [0.15, 0.2) is 66.7 Å². The average Bonchev–Trinajstić information content (AvgIpc) is 2.77. The Hall–Kier alpha value is -4.14. The number of nitrogens with one attached hydrogen (secondary N) is 4. The first kappa shape index (κ1) is 28.4. The molecule has 0 aliphatic carbocycles. The molecule has 0 saturated carbocycles. The van der Waals surface area contributed by atoms with Gasteiger partial charge in [-0.2, -0.15) is 39.5 Å². The van der Waals surface area contributed by atoms with Gasteiger partial charge in [-0.05, 0) is 66.7 Å². The van der Waals surface area contributed by atoms with Gasteiger partial charge in [0.1, 0.15) is 0 Å². The number of halogens is 9. The smallest absolute Gasteiger partial charge is 0.357 e. The molecule has 0 aliphatic heterocycles. The Kier molecular flexibility index (Phi) is 8.00. The number of anilines is 4. The molecule has 204 valence electrons. The summed E-state index contributed by atoms with van der Waals surface area (Å²) in [6.45, 7) is 0. The van der Waals surface area contributed by atoms with Crippen LogP contribution >= 0.6 is 0 Å². The van der Waals surface area contributed by atoms with Crippen LogP contribution < -0.4 is 21.3 Å². The largest absolute Gasteiger partial charge is 0.416 e. The molecule has 0 spiro atoms. The number of hydrogen-bond donors (Lipinski definition) is 5. The highest BCUT2D eigenvalue weighted by molar-refractivity contribution is 6.00. The molecular formula is C23H17F9N4O2. The maximum atomic E-state index is 13.4. The predicted molar refractivity (Wildman–Crippen MR) is 120 cm³/mol. The van der Waals surface area contributed by atoms with Crippen molar-refractivity contribution in [2.24, 2.45) is 0 Å². The molecule has 2 amide bonds. The van der Waals surface area contributed by atoms with Crippen LogP contribution in [0.25, 0.3) is 0 Å². The van der Waals surface area contributed by atoms with Crippen molar-refractivity contribution in [1.82, 2.24) is 0 Å². The quantitative estimate of drug-likeness (QED) is 0.166. The maximum Gasteiger partial charge on any atom is 0.416 e. The topological polar surface area (TPSA) is 85.4 Å². The zero-order chi connectivity index (χ0) is 28.3. The van der Waals surface area contributed by atoms with Gasteiger partial charge in [-0.15, -0.1) is 0 Å². The van der Waals surface area contributed by atoms with E-state index in [-0.39, 0.29) is 17.1 Å². The van der Waals surface area contributed by atoms with E-state index in [9.17, 15) is 49.4 Å². The summed E-state index contributed by atoms with van der Waals surface area (Å²) in [4.78, 5) is 12.2. The first-order chi connectivity index (χ1) is 17.5. The second kappa shape index (κ2) is 10.7. The van der Waals surface area contributed by atoms with Crippen molar-refractivity contribution in [1.29, 1.82) is 0 Å². The van der Waals surface area contributed by atoms with E-state index in [1.165, 1.54) is 0 Å². The number of urea groups is 1. The average molecular weight is 552 g/mol. The lowest BCUT2D eigenvalue weighted by Crippen LogP contribution is -2.28. The van der Waals surface area contributed by atoms with Crippen molar-refractivity contribution < 1.29 is 49.4 Å². The molecule has 15 heteroatoms. The fourth-order valence-electron chi connectivity index (χ4n) is 3.09. The van der Waals surface area contributed by atoms with Crippen LogP contribution in [0.3, 0.4) is 0 Å². The molecule has 0 saturated heterocycles. The number of aliphatic hydroxyl groups is 1. The van der Waals surface area contributed by atoms with Crippen molar-refractivity contribution in [2.45, 2.75) is 24.9 Å². The molecule has 5 N–H and O–H groups in total. The minimum atomic E-state index is -4.87. The van der Waals surface area contributed by atoms with Crippen LogP contribution in [-0.2, 0) is 18.5 Å². The normalized spacial score (nSPS) is 13.0. The molecule has 0 aliphatic rings. The Morgan fingerprint density at radius 2 is 0.947 bits per heavy atom. The molecule has 6 nitrogen and oxygen atoms in total. The minimum Gasteiger partial charge on any atom is -0.357 e. The number of carbonyl (C=O) groups excluding carboxylic acids is 1. The summed E-state index contributed by atoms with van der Waals surface area (Å²) in [5, 5.41) is 19.0. The van der Waals surface area contributed by atoms with Crippen molar-refractivity contribution >= 4 is 28.8 Å². The summed E-state index contributed by atoms with van der Waals surface area (Å²) in [5.74, 6) is 0. The highest BCUT2D eigenvalue weighted by Gasteiger charge is 2.32. The van der Waals surface area contributed by atoms with E-state index < -0.39 is 53.3 Å². The number of benzene rings is 3. The highest BCUT2D eigenvalue weighted by Crippen LogP contribution is 2.34. The van der Waals surface area contributed by atoms with E-state index in [1.807, 2.05) is 0 Å². The molecule has 0 heterocycles. The lowest BCUT2D eigenvalue weighted by atomic mass is 10.1. The van der Waals surface area contributed by atoms with Crippen molar-refractivity contribution in [3.63, 3.8) is 0 Å². The second-order valence-corrected chi connectivity index (χ2v) is 7.72. The number of amides is 2. The van der Waals surface area contributed by atoms with E-state index in [0.717, 1.165) is 42.5 Å². The summed E-state index contributed by atoms with van der Waals surface area (Å²) in [7, 11) is 0. The molecule has 1 unspecified atom stereocenters. The monoisotopic (exact) mass is 552 g/mol. The first-order valence-corrected chi connectivity index (χ1v) is 10.4. The first-order valence-electron chi connectivity index (χ1n) is 10.4. The summed E-state index contributed by atoms with van der Waals surface area (Å²) in [6.07, 6.45) is -15.8. The second-order valence-electron chi connectivity index (χ2n) is 7.72. The van der Waals surface area contributed by atoms with E-state index in [0.29, 0.717) is 24.3 Å². The number of alkyl halides is 9. The van der Waals surface area contributed by atoms with Crippen LogP contribution in [0.4, 0.5) is 67.1 Å². The molecule has 3 aromatic carbocycles. The van der Waals surface area contributed by atoms with Crippen molar-refractivity contribution in [3.8, 4) is 0 Å². The third-order valence-electron chi connectivity index (χ3n) is 4.81. The van der Waals surface area contributed by atoms with Crippen LogP contribution in [0.5, 0.6) is 0 Å². The molecule has 0 radical (unpaired) electrons. The highest BCUT2D eigenvalue weighted by atomic mass is 19.4. The number of carbonyl (C=O) groups is 1. The van der Waals surface area contributed by atoms with Gasteiger partial charge in [0.05, 0.1) is 16.7 Å². The SMILES string of the molecule is O=C(Nc1ccc(C(F)(F)F)cc1)Nc1cc(NC(O)Nc2ccc(C(F)(F)F)cc2)cc(C(F)(F)F)c1. The predicted octanol–water partition coefficient (Wildman–Crippen LogP) is 7.19. The summed E-state index contributed by atoms with van der Waals surface area (Å²) in [6, 6.07) is 7.89. The molecule has 0 aromatic heterocycles. The lowest BCUT2D eigenvalue weighted by molar-refractivity contribution is -0.138. The summed E-state index contributed by atoms with van der Waals surface area (Å²) in [5.41, 5.74) is -3.94. The Bertz CT molecular complexity index is 1260. The number of aliphatic hydroxyl groups excluding tert-OH is 1. The zero-order valence-electron chi connectivity index (χ0n) is 18.7. The molecule has 1 atom stereocenters. The molecule has 38 heavy (non-hydrogen) atoms. The molecule has 3 rings (SSSR count). The van der Waals surface area contributed by atoms with Crippen molar-refractivity contribution in [3.05, 3.63) is 83.4 Å². The maximum absolute atomic E-state index is 13.4. The number of hydrogen-bond acceptors (Lipinski definition) is 4. The third kappa shape index (κ3) is 7.93. The Labute approximate surface area is 208 Å². The van der Waals surface area contributed by atoms with Gasteiger partial charge in [-0.3, -0.25) is 0 Å². The summed E-state index contributed by atoms with van der Waals surface area (Å²) < 4.78 is 116.